The van der Waals surface area contributed by atoms with E-state index in [0.29, 0.717) is 5.92 Å². The molecule has 0 spiro atoms. The van der Waals surface area contributed by atoms with E-state index in [2.05, 4.69) is 13.8 Å². The molecule has 0 aromatic carbocycles. The molecular weight excluding hydrogens is 152 g/mol. The lowest BCUT2D eigenvalue weighted by Gasteiger charge is -2.38. The number of aliphatic hydroxyl groups is 2. The molecule has 1 aliphatic carbocycles. The number of rotatable bonds is 1. The summed E-state index contributed by atoms with van der Waals surface area (Å²) in [5, 5.41) is 19.3. The average molecular weight is 172 g/mol. The van der Waals surface area contributed by atoms with Gasteiger partial charge in [0.05, 0.1) is 12.2 Å². The fourth-order valence-corrected chi connectivity index (χ4v) is 2.11. The maximum absolute atomic E-state index is 9.73. The molecule has 1 saturated carbocycles. The third-order valence-electron chi connectivity index (χ3n) is 3.18. The standard InChI is InChI=1S/C10H20O2/c1-6(2)8-5-4-7(3)9(11)10(8)12/h6-12H,4-5H2,1-3H3/t7-,8+,9-,10+/m0/s1. The minimum Gasteiger partial charge on any atom is -0.390 e. The predicted octanol–water partition coefficient (Wildman–Crippen LogP) is 1.41. The van der Waals surface area contributed by atoms with Gasteiger partial charge in [-0.2, -0.15) is 0 Å². The Hall–Kier alpha value is -0.0800. The maximum Gasteiger partial charge on any atom is 0.0832 e. The second kappa shape index (κ2) is 3.75. The monoisotopic (exact) mass is 172 g/mol. The van der Waals surface area contributed by atoms with Crippen molar-refractivity contribution in [3.05, 3.63) is 0 Å². The molecule has 0 aromatic heterocycles. The lowest BCUT2D eigenvalue weighted by atomic mass is 9.74. The van der Waals surface area contributed by atoms with Crippen molar-refractivity contribution in [1.29, 1.82) is 0 Å². The summed E-state index contributed by atoms with van der Waals surface area (Å²) < 4.78 is 0. The van der Waals surface area contributed by atoms with Crippen LogP contribution in [0.4, 0.5) is 0 Å². The zero-order chi connectivity index (χ0) is 9.30. The summed E-state index contributed by atoms with van der Waals surface area (Å²) in [5.74, 6) is 1.02. The highest BCUT2D eigenvalue weighted by molar-refractivity contribution is 4.86. The van der Waals surface area contributed by atoms with Gasteiger partial charge in [-0.15, -0.1) is 0 Å². The summed E-state index contributed by atoms with van der Waals surface area (Å²) in [6.07, 6.45) is 1.08. The van der Waals surface area contributed by atoms with Crippen molar-refractivity contribution in [1.82, 2.24) is 0 Å². The Balaban J connectivity index is 2.58. The van der Waals surface area contributed by atoms with E-state index in [0.717, 1.165) is 12.8 Å². The van der Waals surface area contributed by atoms with E-state index in [4.69, 9.17) is 0 Å². The fraction of sp³-hybridized carbons (Fsp3) is 1.00. The summed E-state index contributed by atoms with van der Waals surface area (Å²) >= 11 is 0. The summed E-state index contributed by atoms with van der Waals surface area (Å²) in [5.41, 5.74) is 0. The quantitative estimate of drug-likeness (QED) is 0.628. The second-order valence-electron chi connectivity index (χ2n) is 4.44. The van der Waals surface area contributed by atoms with Gasteiger partial charge in [-0.05, 0) is 30.6 Å². The first-order chi connectivity index (χ1) is 5.54. The van der Waals surface area contributed by atoms with Gasteiger partial charge >= 0.3 is 0 Å². The van der Waals surface area contributed by atoms with Crippen LogP contribution < -0.4 is 0 Å². The average Bonchev–Trinajstić information content (AvgIpc) is 2.00. The highest BCUT2D eigenvalue weighted by atomic mass is 16.3. The van der Waals surface area contributed by atoms with Crippen LogP contribution in [0, 0.1) is 17.8 Å². The van der Waals surface area contributed by atoms with Gasteiger partial charge in [0.1, 0.15) is 0 Å². The minimum absolute atomic E-state index is 0.259. The normalized spacial score (nSPS) is 43.5. The lowest BCUT2D eigenvalue weighted by molar-refractivity contribution is -0.0832. The van der Waals surface area contributed by atoms with E-state index in [-0.39, 0.29) is 11.8 Å². The second-order valence-corrected chi connectivity index (χ2v) is 4.44. The fourth-order valence-electron chi connectivity index (χ4n) is 2.11. The van der Waals surface area contributed by atoms with Crippen molar-refractivity contribution in [2.24, 2.45) is 17.8 Å². The van der Waals surface area contributed by atoms with Gasteiger partial charge in [0.25, 0.3) is 0 Å². The molecule has 0 unspecified atom stereocenters. The Morgan fingerprint density at radius 2 is 1.67 bits per heavy atom. The number of hydrogen-bond acceptors (Lipinski definition) is 2. The van der Waals surface area contributed by atoms with Gasteiger partial charge in [0.2, 0.25) is 0 Å². The topological polar surface area (TPSA) is 40.5 Å². The SMILES string of the molecule is CC(C)[C@H]1CC[C@H](C)[C@H](O)[C@@H]1O. The number of hydrogen-bond donors (Lipinski definition) is 2. The molecule has 4 atom stereocenters. The lowest BCUT2D eigenvalue weighted by Crippen LogP contribution is -2.44. The maximum atomic E-state index is 9.73. The first-order valence-electron chi connectivity index (χ1n) is 4.90. The molecule has 0 heterocycles. The molecule has 1 aliphatic rings. The Labute approximate surface area is 74.6 Å². The summed E-state index contributed by atoms with van der Waals surface area (Å²) in [7, 11) is 0. The zero-order valence-corrected chi connectivity index (χ0v) is 8.20. The molecular formula is C10H20O2. The molecule has 2 heteroatoms. The van der Waals surface area contributed by atoms with Crippen LogP contribution in [0.1, 0.15) is 33.6 Å². The van der Waals surface area contributed by atoms with Gasteiger partial charge in [-0.1, -0.05) is 20.8 Å². The van der Waals surface area contributed by atoms with Gasteiger partial charge < -0.3 is 10.2 Å². The summed E-state index contributed by atoms with van der Waals surface area (Å²) in [4.78, 5) is 0. The minimum atomic E-state index is -0.508. The molecule has 0 bridgehead atoms. The van der Waals surface area contributed by atoms with Crippen LogP contribution in [0.2, 0.25) is 0 Å². The molecule has 0 saturated heterocycles. The largest absolute Gasteiger partial charge is 0.390 e. The molecule has 72 valence electrons. The van der Waals surface area contributed by atoms with Crippen molar-refractivity contribution < 1.29 is 10.2 Å². The van der Waals surface area contributed by atoms with E-state index in [1.807, 2.05) is 6.92 Å². The molecule has 0 aliphatic heterocycles. The molecule has 12 heavy (non-hydrogen) atoms. The Morgan fingerprint density at radius 1 is 1.08 bits per heavy atom. The molecule has 0 amide bonds. The summed E-state index contributed by atoms with van der Waals surface area (Å²) in [6.45, 7) is 6.22. The van der Waals surface area contributed by atoms with Crippen LogP contribution in [-0.4, -0.2) is 22.4 Å². The molecule has 2 N–H and O–H groups in total. The van der Waals surface area contributed by atoms with Crippen molar-refractivity contribution in [3.8, 4) is 0 Å². The van der Waals surface area contributed by atoms with Crippen LogP contribution in [0.15, 0.2) is 0 Å². The van der Waals surface area contributed by atoms with Gasteiger partial charge in [0.15, 0.2) is 0 Å². The number of aliphatic hydroxyl groups excluding tert-OH is 2. The third-order valence-corrected chi connectivity index (χ3v) is 3.18. The van der Waals surface area contributed by atoms with Crippen LogP contribution in [-0.2, 0) is 0 Å². The van der Waals surface area contributed by atoms with E-state index in [1.54, 1.807) is 0 Å². The van der Waals surface area contributed by atoms with E-state index < -0.39 is 12.2 Å². The van der Waals surface area contributed by atoms with Crippen molar-refractivity contribution >= 4 is 0 Å². The smallest absolute Gasteiger partial charge is 0.0832 e. The highest BCUT2D eigenvalue weighted by Gasteiger charge is 2.36. The van der Waals surface area contributed by atoms with Crippen LogP contribution in [0.25, 0.3) is 0 Å². The first kappa shape index (κ1) is 10.0. The molecule has 1 rings (SSSR count). The molecule has 1 fully saturated rings. The van der Waals surface area contributed by atoms with Gasteiger partial charge in [-0.3, -0.25) is 0 Å². The van der Waals surface area contributed by atoms with E-state index in [1.165, 1.54) is 0 Å². The van der Waals surface area contributed by atoms with Crippen LogP contribution >= 0.6 is 0 Å². The predicted molar refractivity (Wildman–Crippen MR) is 48.7 cm³/mol. The van der Waals surface area contributed by atoms with Crippen LogP contribution in [0.3, 0.4) is 0 Å². The van der Waals surface area contributed by atoms with Gasteiger partial charge in [-0.25, -0.2) is 0 Å². The Kier molecular flexibility index (Phi) is 3.13. The zero-order valence-electron chi connectivity index (χ0n) is 8.20. The van der Waals surface area contributed by atoms with E-state index in [9.17, 15) is 10.2 Å². The van der Waals surface area contributed by atoms with Crippen LogP contribution in [0.5, 0.6) is 0 Å². The Morgan fingerprint density at radius 3 is 2.17 bits per heavy atom. The highest BCUT2D eigenvalue weighted by Crippen LogP contribution is 2.33. The van der Waals surface area contributed by atoms with Crippen molar-refractivity contribution in [2.45, 2.75) is 45.8 Å². The summed E-state index contributed by atoms with van der Waals surface area (Å²) in [6, 6.07) is 0. The first-order valence-corrected chi connectivity index (χ1v) is 4.90. The Bertz CT molecular complexity index is 145. The van der Waals surface area contributed by atoms with Crippen molar-refractivity contribution in [2.75, 3.05) is 0 Å². The van der Waals surface area contributed by atoms with Crippen molar-refractivity contribution in [3.63, 3.8) is 0 Å². The molecule has 0 radical (unpaired) electrons. The molecule has 0 aromatic rings. The van der Waals surface area contributed by atoms with E-state index >= 15 is 0 Å². The third kappa shape index (κ3) is 1.80. The van der Waals surface area contributed by atoms with Gasteiger partial charge in [0, 0.05) is 0 Å². The molecule has 2 nitrogen and oxygen atoms in total.